The highest BCUT2D eigenvalue weighted by Gasteiger charge is 2.29. The van der Waals surface area contributed by atoms with Gasteiger partial charge in [0.2, 0.25) is 0 Å². The topological polar surface area (TPSA) is 46.2 Å². The standard InChI is InChI=1S/C6H13NO.ClH/c1-6(7)3-2-5(8)4-6;/h5,8H,2-4,7H2,1H3;1H/t5-,6+;/m1./s1. The molecule has 0 saturated heterocycles. The second kappa shape index (κ2) is 2.86. The van der Waals surface area contributed by atoms with Gasteiger partial charge < -0.3 is 10.8 Å². The first-order valence-corrected chi connectivity index (χ1v) is 3.07. The van der Waals surface area contributed by atoms with E-state index in [-0.39, 0.29) is 24.0 Å². The van der Waals surface area contributed by atoms with E-state index in [2.05, 4.69) is 0 Å². The van der Waals surface area contributed by atoms with Gasteiger partial charge in [0, 0.05) is 5.54 Å². The summed E-state index contributed by atoms with van der Waals surface area (Å²) in [5.74, 6) is 0. The SMILES string of the molecule is C[C@]1(N)CC[C@@H](O)C1.Cl. The lowest BCUT2D eigenvalue weighted by molar-refractivity contribution is 0.176. The molecule has 9 heavy (non-hydrogen) atoms. The zero-order valence-corrected chi connectivity index (χ0v) is 6.45. The molecule has 56 valence electrons. The molecule has 0 aliphatic heterocycles. The molecule has 1 saturated carbocycles. The van der Waals surface area contributed by atoms with Crippen LogP contribution in [0.2, 0.25) is 0 Å². The van der Waals surface area contributed by atoms with Gasteiger partial charge in [-0.3, -0.25) is 0 Å². The molecule has 3 heteroatoms. The van der Waals surface area contributed by atoms with E-state index in [1.165, 1.54) is 0 Å². The van der Waals surface area contributed by atoms with Crippen molar-refractivity contribution in [3.63, 3.8) is 0 Å². The number of aliphatic hydroxyl groups is 1. The summed E-state index contributed by atoms with van der Waals surface area (Å²) in [4.78, 5) is 0. The molecule has 0 aromatic heterocycles. The molecule has 0 unspecified atom stereocenters. The Morgan fingerprint density at radius 3 is 2.33 bits per heavy atom. The molecular formula is C6H14ClNO. The molecule has 0 aromatic rings. The van der Waals surface area contributed by atoms with Crippen molar-refractivity contribution in [1.82, 2.24) is 0 Å². The highest BCUT2D eigenvalue weighted by atomic mass is 35.5. The van der Waals surface area contributed by atoms with Crippen molar-refractivity contribution in [2.45, 2.75) is 37.8 Å². The zero-order valence-electron chi connectivity index (χ0n) is 5.63. The van der Waals surface area contributed by atoms with Crippen LogP contribution < -0.4 is 5.73 Å². The van der Waals surface area contributed by atoms with Gasteiger partial charge in [-0.1, -0.05) is 0 Å². The van der Waals surface area contributed by atoms with Crippen LogP contribution in [0.15, 0.2) is 0 Å². The summed E-state index contributed by atoms with van der Waals surface area (Å²) in [5.41, 5.74) is 5.62. The van der Waals surface area contributed by atoms with Crippen LogP contribution >= 0.6 is 12.4 Å². The molecule has 1 rings (SSSR count). The van der Waals surface area contributed by atoms with E-state index in [1.807, 2.05) is 6.92 Å². The molecule has 0 bridgehead atoms. The maximum absolute atomic E-state index is 8.98. The van der Waals surface area contributed by atoms with Crippen molar-refractivity contribution < 1.29 is 5.11 Å². The van der Waals surface area contributed by atoms with Crippen LogP contribution in [0.1, 0.15) is 26.2 Å². The van der Waals surface area contributed by atoms with Gasteiger partial charge in [-0.15, -0.1) is 12.4 Å². The lowest BCUT2D eigenvalue weighted by atomic mass is 10.0. The zero-order chi connectivity index (χ0) is 6.20. The first-order chi connectivity index (χ1) is 3.60. The molecule has 0 heterocycles. The van der Waals surface area contributed by atoms with Crippen LogP contribution in [0.3, 0.4) is 0 Å². The Bertz CT molecular complexity index is 95.1. The summed E-state index contributed by atoms with van der Waals surface area (Å²) in [5, 5.41) is 8.98. The van der Waals surface area contributed by atoms with Crippen LogP contribution in [0, 0.1) is 0 Å². The van der Waals surface area contributed by atoms with Crippen molar-refractivity contribution in [2.75, 3.05) is 0 Å². The van der Waals surface area contributed by atoms with Gasteiger partial charge in [0.25, 0.3) is 0 Å². The average Bonchev–Trinajstić information content (AvgIpc) is 1.82. The van der Waals surface area contributed by atoms with Gasteiger partial charge in [0.1, 0.15) is 0 Å². The number of hydrogen-bond acceptors (Lipinski definition) is 2. The highest BCUT2D eigenvalue weighted by molar-refractivity contribution is 5.85. The number of halogens is 1. The molecule has 0 amide bonds. The van der Waals surface area contributed by atoms with Crippen molar-refractivity contribution in [3.8, 4) is 0 Å². The summed E-state index contributed by atoms with van der Waals surface area (Å²) in [6, 6.07) is 0. The predicted molar refractivity (Wildman–Crippen MR) is 39.7 cm³/mol. The van der Waals surface area contributed by atoms with E-state index in [0.717, 1.165) is 19.3 Å². The summed E-state index contributed by atoms with van der Waals surface area (Å²) in [6.45, 7) is 1.99. The molecule has 1 aliphatic carbocycles. The fourth-order valence-corrected chi connectivity index (χ4v) is 1.24. The van der Waals surface area contributed by atoms with Crippen LogP contribution in [-0.4, -0.2) is 16.7 Å². The third-order valence-corrected chi connectivity index (χ3v) is 1.75. The minimum Gasteiger partial charge on any atom is -0.393 e. The van der Waals surface area contributed by atoms with Gasteiger partial charge in [0.05, 0.1) is 6.10 Å². The first kappa shape index (κ1) is 9.21. The minimum atomic E-state index is -0.134. The molecular weight excluding hydrogens is 138 g/mol. The molecule has 0 spiro atoms. The predicted octanol–water partition coefficient (Wildman–Crippen LogP) is 0.670. The number of rotatable bonds is 0. The van der Waals surface area contributed by atoms with Gasteiger partial charge in [-0.2, -0.15) is 0 Å². The molecule has 0 aromatic carbocycles. The van der Waals surface area contributed by atoms with Crippen LogP contribution in [0.25, 0.3) is 0 Å². The first-order valence-electron chi connectivity index (χ1n) is 3.07. The summed E-state index contributed by atoms with van der Waals surface area (Å²) in [7, 11) is 0. The summed E-state index contributed by atoms with van der Waals surface area (Å²) >= 11 is 0. The minimum absolute atomic E-state index is 0. The van der Waals surface area contributed by atoms with E-state index >= 15 is 0 Å². The second-order valence-electron chi connectivity index (χ2n) is 3.05. The average molecular weight is 152 g/mol. The molecule has 3 N–H and O–H groups in total. The number of nitrogens with two attached hydrogens (primary N) is 1. The van der Waals surface area contributed by atoms with E-state index in [1.54, 1.807) is 0 Å². The molecule has 2 nitrogen and oxygen atoms in total. The van der Waals surface area contributed by atoms with Gasteiger partial charge in [-0.05, 0) is 26.2 Å². The van der Waals surface area contributed by atoms with Crippen molar-refractivity contribution >= 4 is 12.4 Å². The van der Waals surface area contributed by atoms with Gasteiger partial charge >= 0.3 is 0 Å². The van der Waals surface area contributed by atoms with E-state index in [4.69, 9.17) is 10.8 Å². The van der Waals surface area contributed by atoms with E-state index in [9.17, 15) is 0 Å². The Balaban J connectivity index is 0.000000640. The maximum atomic E-state index is 8.98. The van der Waals surface area contributed by atoms with Crippen LogP contribution in [-0.2, 0) is 0 Å². The molecule has 0 radical (unpaired) electrons. The third-order valence-electron chi connectivity index (χ3n) is 1.75. The van der Waals surface area contributed by atoms with Crippen molar-refractivity contribution in [2.24, 2.45) is 5.73 Å². The molecule has 1 fully saturated rings. The lowest BCUT2D eigenvalue weighted by Gasteiger charge is -2.14. The number of hydrogen-bond donors (Lipinski definition) is 2. The molecule has 2 atom stereocenters. The Labute approximate surface area is 61.8 Å². The Hall–Kier alpha value is 0.210. The quantitative estimate of drug-likeness (QED) is 0.535. The number of aliphatic hydroxyl groups excluding tert-OH is 1. The Morgan fingerprint density at radius 1 is 1.67 bits per heavy atom. The fourth-order valence-electron chi connectivity index (χ4n) is 1.24. The monoisotopic (exact) mass is 151 g/mol. The van der Waals surface area contributed by atoms with Crippen molar-refractivity contribution in [3.05, 3.63) is 0 Å². The summed E-state index contributed by atoms with van der Waals surface area (Å²) in [6.07, 6.45) is 2.48. The van der Waals surface area contributed by atoms with E-state index < -0.39 is 0 Å². The van der Waals surface area contributed by atoms with E-state index in [0.29, 0.717) is 0 Å². The highest BCUT2D eigenvalue weighted by Crippen LogP contribution is 2.26. The smallest absolute Gasteiger partial charge is 0.0558 e. The molecule has 1 aliphatic rings. The Kier molecular flexibility index (Phi) is 2.93. The fraction of sp³-hybridized carbons (Fsp3) is 1.00. The van der Waals surface area contributed by atoms with Gasteiger partial charge in [0.15, 0.2) is 0 Å². The maximum Gasteiger partial charge on any atom is 0.0558 e. The van der Waals surface area contributed by atoms with Gasteiger partial charge in [-0.25, -0.2) is 0 Å². The van der Waals surface area contributed by atoms with Crippen LogP contribution in [0.4, 0.5) is 0 Å². The Morgan fingerprint density at radius 2 is 2.22 bits per heavy atom. The van der Waals surface area contributed by atoms with Crippen LogP contribution in [0.5, 0.6) is 0 Å². The second-order valence-corrected chi connectivity index (χ2v) is 3.05. The summed E-state index contributed by atoms with van der Waals surface area (Å²) < 4.78 is 0. The third kappa shape index (κ3) is 2.52. The van der Waals surface area contributed by atoms with Crippen molar-refractivity contribution in [1.29, 1.82) is 0 Å². The lowest BCUT2D eigenvalue weighted by Crippen LogP contribution is -2.32. The normalized spacial score (nSPS) is 42.3. The largest absolute Gasteiger partial charge is 0.393 e.